The van der Waals surface area contributed by atoms with Gasteiger partial charge < -0.3 is 9.47 Å². The smallest absolute Gasteiger partial charge is 0.421 e. The van der Waals surface area contributed by atoms with Gasteiger partial charge in [-0.1, -0.05) is 5.92 Å². The van der Waals surface area contributed by atoms with E-state index < -0.39 is 12.5 Å². The molecule has 0 radical (unpaired) electrons. The lowest BCUT2D eigenvalue weighted by atomic mass is 10.8. The van der Waals surface area contributed by atoms with E-state index in [4.69, 9.17) is 6.42 Å². The number of hydrogen-bond donors (Lipinski definition) is 0. The van der Waals surface area contributed by atoms with E-state index >= 15 is 0 Å². The average Bonchev–Trinajstić information content (AvgIpc) is 1.82. The van der Waals surface area contributed by atoms with Gasteiger partial charge in [-0.2, -0.15) is 0 Å². The first-order chi connectivity index (χ1) is 4.66. The zero-order valence-electron chi connectivity index (χ0n) is 5.46. The Kier molecular flexibility index (Phi) is 4.05. The molecule has 0 rings (SSSR count). The standard InChI is InChI=1S/C6H7FO3/c1-3-4-9-6(8)10-5(2)7/h1,5H,4H2,2H3. The predicted octanol–water partition coefficient (Wildman–Crippen LogP) is 1.09. The Morgan fingerprint density at radius 1 is 1.90 bits per heavy atom. The molecule has 0 saturated heterocycles. The van der Waals surface area contributed by atoms with Gasteiger partial charge in [-0.3, -0.25) is 0 Å². The van der Waals surface area contributed by atoms with E-state index in [9.17, 15) is 9.18 Å². The van der Waals surface area contributed by atoms with Crippen LogP contribution in [0, 0.1) is 12.3 Å². The zero-order chi connectivity index (χ0) is 7.98. The molecule has 0 bridgehead atoms. The Morgan fingerprint density at radius 3 is 2.90 bits per heavy atom. The highest BCUT2D eigenvalue weighted by atomic mass is 19.1. The number of ether oxygens (including phenoxy) is 2. The number of alkyl halides is 1. The van der Waals surface area contributed by atoms with Crippen molar-refractivity contribution in [2.45, 2.75) is 13.3 Å². The quantitative estimate of drug-likeness (QED) is 0.432. The van der Waals surface area contributed by atoms with Gasteiger partial charge in [0.05, 0.1) is 0 Å². The second-order valence-corrected chi connectivity index (χ2v) is 1.40. The summed E-state index contributed by atoms with van der Waals surface area (Å²) in [5, 5.41) is 0. The predicted molar refractivity (Wildman–Crippen MR) is 31.8 cm³/mol. The van der Waals surface area contributed by atoms with Crippen LogP contribution in [0.2, 0.25) is 0 Å². The molecule has 0 saturated carbocycles. The molecule has 0 fully saturated rings. The Balaban J connectivity index is 3.37. The highest BCUT2D eigenvalue weighted by Crippen LogP contribution is 1.93. The lowest BCUT2D eigenvalue weighted by molar-refractivity contribution is -0.0164. The Hall–Kier alpha value is -1.24. The number of halogens is 1. The minimum atomic E-state index is -1.66. The summed E-state index contributed by atoms with van der Waals surface area (Å²) in [7, 11) is 0. The molecule has 1 atom stereocenters. The van der Waals surface area contributed by atoms with Gasteiger partial charge in [0.25, 0.3) is 0 Å². The third kappa shape index (κ3) is 4.91. The minimum absolute atomic E-state index is 0.203. The molecule has 0 heterocycles. The van der Waals surface area contributed by atoms with Gasteiger partial charge in [0.2, 0.25) is 6.36 Å². The van der Waals surface area contributed by atoms with Crippen LogP contribution in [-0.4, -0.2) is 19.1 Å². The van der Waals surface area contributed by atoms with Crippen molar-refractivity contribution < 1.29 is 18.7 Å². The SMILES string of the molecule is C#CCOC(=O)OC(C)F. The topological polar surface area (TPSA) is 35.5 Å². The fourth-order valence-electron chi connectivity index (χ4n) is 0.267. The van der Waals surface area contributed by atoms with Gasteiger partial charge in [0.1, 0.15) is 0 Å². The molecule has 0 N–H and O–H groups in total. The summed E-state index contributed by atoms with van der Waals surface area (Å²) < 4.78 is 19.9. The van der Waals surface area contributed by atoms with Crippen LogP contribution in [0.4, 0.5) is 9.18 Å². The van der Waals surface area contributed by atoms with Crippen molar-refractivity contribution >= 4 is 6.16 Å². The van der Waals surface area contributed by atoms with Gasteiger partial charge in [0.15, 0.2) is 6.61 Å². The van der Waals surface area contributed by atoms with Crippen LogP contribution < -0.4 is 0 Å². The normalized spacial score (nSPS) is 11.3. The van der Waals surface area contributed by atoms with Crippen molar-refractivity contribution in [3.05, 3.63) is 0 Å². The van der Waals surface area contributed by atoms with Crippen molar-refractivity contribution in [1.29, 1.82) is 0 Å². The largest absolute Gasteiger partial charge is 0.511 e. The van der Waals surface area contributed by atoms with Crippen LogP contribution in [0.3, 0.4) is 0 Å². The Bertz CT molecular complexity index is 148. The van der Waals surface area contributed by atoms with Gasteiger partial charge in [-0.25, -0.2) is 9.18 Å². The van der Waals surface area contributed by atoms with Crippen molar-refractivity contribution in [2.24, 2.45) is 0 Å². The number of terminal acetylenes is 1. The van der Waals surface area contributed by atoms with Crippen LogP contribution in [0.1, 0.15) is 6.92 Å². The monoisotopic (exact) mass is 146 g/mol. The summed E-state index contributed by atoms with van der Waals surface area (Å²) in [6.07, 6.45) is 1.98. The molecule has 0 aromatic rings. The van der Waals surface area contributed by atoms with E-state index in [1.807, 2.05) is 5.92 Å². The summed E-state index contributed by atoms with van der Waals surface area (Å²) in [5.74, 6) is 2.03. The minimum Gasteiger partial charge on any atom is -0.421 e. The molecule has 0 aliphatic heterocycles. The first-order valence-corrected chi connectivity index (χ1v) is 2.57. The van der Waals surface area contributed by atoms with Gasteiger partial charge in [0, 0.05) is 6.92 Å². The highest BCUT2D eigenvalue weighted by Gasteiger charge is 2.06. The van der Waals surface area contributed by atoms with Crippen LogP contribution >= 0.6 is 0 Å². The number of hydrogen-bond acceptors (Lipinski definition) is 3. The van der Waals surface area contributed by atoms with E-state index in [2.05, 4.69) is 9.47 Å². The maximum absolute atomic E-state index is 11.8. The van der Waals surface area contributed by atoms with Gasteiger partial charge >= 0.3 is 6.16 Å². The number of carbonyl (C=O) groups excluding carboxylic acids is 1. The molecule has 10 heavy (non-hydrogen) atoms. The van der Waals surface area contributed by atoms with E-state index in [0.717, 1.165) is 6.92 Å². The molecule has 0 aliphatic carbocycles. The molecule has 56 valence electrons. The molecule has 0 spiro atoms. The molecule has 0 amide bonds. The highest BCUT2D eigenvalue weighted by molar-refractivity contribution is 5.60. The lowest BCUT2D eigenvalue weighted by Crippen LogP contribution is -2.11. The Labute approximate surface area is 58.1 Å². The first kappa shape index (κ1) is 8.76. The third-order valence-electron chi connectivity index (χ3n) is 0.532. The van der Waals surface area contributed by atoms with Crippen molar-refractivity contribution in [3.63, 3.8) is 0 Å². The summed E-state index contributed by atoms with van der Waals surface area (Å²) in [4.78, 5) is 10.2. The number of rotatable bonds is 2. The summed E-state index contributed by atoms with van der Waals surface area (Å²) >= 11 is 0. The third-order valence-corrected chi connectivity index (χ3v) is 0.532. The maximum atomic E-state index is 11.8. The van der Waals surface area contributed by atoms with Crippen LogP contribution in [0.5, 0.6) is 0 Å². The van der Waals surface area contributed by atoms with Crippen LogP contribution in [0.25, 0.3) is 0 Å². The summed E-state index contributed by atoms with van der Waals surface area (Å²) in [5.41, 5.74) is 0. The van der Waals surface area contributed by atoms with Gasteiger partial charge in [-0.05, 0) is 0 Å². The second-order valence-electron chi connectivity index (χ2n) is 1.40. The maximum Gasteiger partial charge on any atom is 0.511 e. The second kappa shape index (κ2) is 4.62. The van der Waals surface area contributed by atoms with E-state index in [-0.39, 0.29) is 6.61 Å². The Morgan fingerprint density at radius 2 is 2.50 bits per heavy atom. The molecule has 0 aliphatic rings. The van der Waals surface area contributed by atoms with Gasteiger partial charge in [-0.15, -0.1) is 6.42 Å². The van der Waals surface area contributed by atoms with Crippen LogP contribution in [0.15, 0.2) is 0 Å². The molecule has 4 heteroatoms. The average molecular weight is 146 g/mol. The van der Waals surface area contributed by atoms with E-state index in [1.54, 1.807) is 0 Å². The lowest BCUT2D eigenvalue weighted by Gasteiger charge is -2.02. The number of carbonyl (C=O) groups is 1. The van der Waals surface area contributed by atoms with Crippen molar-refractivity contribution in [2.75, 3.05) is 6.61 Å². The first-order valence-electron chi connectivity index (χ1n) is 2.57. The van der Waals surface area contributed by atoms with E-state index in [0.29, 0.717) is 0 Å². The van der Waals surface area contributed by atoms with Crippen molar-refractivity contribution in [3.8, 4) is 12.3 Å². The molecular weight excluding hydrogens is 139 g/mol. The molecule has 0 aromatic heterocycles. The van der Waals surface area contributed by atoms with E-state index in [1.165, 1.54) is 0 Å². The summed E-state index contributed by atoms with van der Waals surface area (Å²) in [6, 6.07) is 0. The molecular formula is C6H7FO3. The molecule has 1 unspecified atom stereocenters. The molecule has 0 aromatic carbocycles. The van der Waals surface area contributed by atoms with Crippen molar-refractivity contribution in [1.82, 2.24) is 0 Å². The summed E-state index contributed by atoms with van der Waals surface area (Å²) in [6.45, 7) is 0.864. The fourth-order valence-corrected chi connectivity index (χ4v) is 0.267. The zero-order valence-corrected chi connectivity index (χ0v) is 5.46. The fraction of sp³-hybridized carbons (Fsp3) is 0.500. The molecule has 3 nitrogen and oxygen atoms in total. The van der Waals surface area contributed by atoms with Crippen LogP contribution in [-0.2, 0) is 9.47 Å².